The largest absolute Gasteiger partial charge is 0.432 e. The van der Waals surface area contributed by atoms with Crippen LogP contribution < -0.4 is 0 Å². The molecule has 0 amide bonds. The molecule has 1 aromatic carbocycles. The molecule has 0 aliphatic rings. The lowest BCUT2D eigenvalue weighted by Gasteiger charge is -1.96. The average molecular weight is 178 g/mol. The van der Waals surface area contributed by atoms with Gasteiger partial charge in [-0.2, -0.15) is 0 Å². The van der Waals surface area contributed by atoms with Gasteiger partial charge in [-0.1, -0.05) is 38.6 Å². The standard InChI is InChI=1S/C9H8O2.C2H6/c1-2-11-9(10)8-6-4-3-5-7-8;1-2/h2-7H,1H2;1-2H3. The summed E-state index contributed by atoms with van der Waals surface area (Å²) in [7, 11) is 0. The summed E-state index contributed by atoms with van der Waals surface area (Å²) in [5.41, 5.74) is 0.535. The summed E-state index contributed by atoms with van der Waals surface area (Å²) in [6.45, 7) is 7.28. The van der Waals surface area contributed by atoms with E-state index in [1.165, 1.54) is 0 Å². The SMILES string of the molecule is C=COC(=O)c1ccccc1.CC. The van der Waals surface area contributed by atoms with Crippen molar-refractivity contribution in [2.75, 3.05) is 0 Å². The molecule has 0 aliphatic carbocycles. The third kappa shape index (κ3) is 4.11. The Hall–Kier alpha value is -1.57. The van der Waals surface area contributed by atoms with Gasteiger partial charge < -0.3 is 4.74 Å². The van der Waals surface area contributed by atoms with Gasteiger partial charge in [0, 0.05) is 0 Å². The number of ether oxygens (including phenoxy) is 1. The predicted octanol–water partition coefficient (Wildman–Crippen LogP) is 3.01. The third-order valence-electron chi connectivity index (χ3n) is 1.20. The van der Waals surface area contributed by atoms with Crippen molar-refractivity contribution in [1.82, 2.24) is 0 Å². The van der Waals surface area contributed by atoms with Crippen LogP contribution in [-0.2, 0) is 4.74 Å². The Morgan fingerprint density at radius 2 is 1.85 bits per heavy atom. The van der Waals surface area contributed by atoms with E-state index in [0.29, 0.717) is 5.56 Å². The van der Waals surface area contributed by atoms with Crippen molar-refractivity contribution in [1.29, 1.82) is 0 Å². The molecule has 0 atom stereocenters. The number of carbonyl (C=O) groups is 1. The summed E-state index contributed by atoms with van der Waals surface area (Å²) in [6, 6.07) is 8.77. The molecule has 0 unspecified atom stereocenters. The number of hydrogen-bond acceptors (Lipinski definition) is 2. The van der Waals surface area contributed by atoms with Gasteiger partial charge in [-0.3, -0.25) is 0 Å². The minimum absolute atomic E-state index is 0.374. The number of rotatable bonds is 2. The second-order valence-corrected chi connectivity index (χ2v) is 1.94. The zero-order chi connectivity index (χ0) is 10.1. The summed E-state index contributed by atoms with van der Waals surface area (Å²) in [5, 5.41) is 0. The van der Waals surface area contributed by atoms with Gasteiger partial charge in [0.1, 0.15) is 0 Å². The first kappa shape index (κ1) is 11.4. The van der Waals surface area contributed by atoms with Gasteiger partial charge in [0.15, 0.2) is 0 Å². The first-order valence-electron chi connectivity index (χ1n) is 4.21. The molecule has 70 valence electrons. The van der Waals surface area contributed by atoms with Gasteiger partial charge >= 0.3 is 5.97 Å². The molecule has 2 heteroatoms. The van der Waals surface area contributed by atoms with Crippen molar-refractivity contribution >= 4 is 5.97 Å². The topological polar surface area (TPSA) is 26.3 Å². The molecule has 0 saturated heterocycles. The van der Waals surface area contributed by atoms with Crippen LogP contribution in [-0.4, -0.2) is 5.97 Å². The Kier molecular flexibility index (Phi) is 6.24. The Labute approximate surface area is 78.8 Å². The van der Waals surface area contributed by atoms with Gasteiger partial charge in [0.2, 0.25) is 0 Å². The highest BCUT2D eigenvalue weighted by atomic mass is 16.5. The summed E-state index contributed by atoms with van der Waals surface area (Å²) in [5.74, 6) is -0.374. The highest BCUT2D eigenvalue weighted by Gasteiger charge is 2.01. The van der Waals surface area contributed by atoms with E-state index in [9.17, 15) is 4.79 Å². The van der Waals surface area contributed by atoms with E-state index in [4.69, 9.17) is 0 Å². The first-order valence-corrected chi connectivity index (χ1v) is 4.21. The van der Waals surface area contributed by atoms with Crippen molar-refractivity contribution < 1.29 is 9.53 Å². The second-order valence-electron chi connectivity index (χ2n) is 1.94. The van der Waals surface area contributed by atoms with Crippen molar-refractivity contribution in [3.8, 4) is 0 Å². The fraction of sp³-hybridized carbons (Fsp3) is 0.182. The lowest BCUT2D eigenvalue weighted by Crippen LogP contribution is -1.98. The fourth-order valence-corrected chi connectivity index (χ4v) is 0.718. The van der Waals surface area contributed by atoms with E-state index in [1.807, 2.05) is 19.9 Å². The maximum Gasteiger partial charge on any atom is 0.342 e. The van der Waals surface area contributed by atoms with Crippen molar-refractivity contribution in [3.63, 3.8) is 0 Å². The van der Waals surface area contributed by atoms with Crippen molar-refractivity contribution in [2.45, 2.75) is 13.8 Å². The van der Waals surface area contributed by atoms with Crippen LogP contribution in [0.3, 0.4) is 0 Å². The Balaban J connectivity index is 0.000000671. The Morgan fingerprint density at radius 1 is 1.31 bits per heavy atom. The van der Waals surface area contributed by atoms with Crippen LogP contribution in [0.5, 0.6) is 0 Å². The van der Waals surface area contributed by atoms with E-state index < -0.39 is 0 Å². The molecule has 0 saturated carbocycles. The minimum Gasteiger partial charge on any atom is -0.432 e. The van der Waals surface area contributed by atoms with E-state index in [0.717, 1.165) is 6.26 Å². The van der Waals surface area contributed by atoms with E-state index in [2.05, 4.69) is 11.3 Å². The number of hydrogen-bond donors (Lipinski definition) is 0. The van der Waals surface area contributed by atoms with E-state index >= 15 is 0 Å². The molecule has 0 bridgehead atoms. The summed E-state index contributed by atoms with van der Waals surface area (Å²) >= 11 is 0. The molecule has 0 fully saturated rings. The molecule has 0 heterocycles. The maximum absolute atomic E-state index is 11.0. The number of esters is 1. The molecule has 0 spiro atoms. The van der Waals surface area contributed by atoms with Gasteiger partial charge in [0.25, 0.3) is 0 Å². The highest BCUT2D eigenvalue weighted by Crippen LogP contribution is 2.00. The fourth-order valence-electron chi connectivity index (χ4n) is 0.718. The normalized spacial score (nSPS) is 7.85. The van der Waals surface area contributed by atoms with Crippen LogP contribution >= 0.6 is 0 Å². The van der Waals surface area contributed by atoms with Gasteiger partial charge in [0.05, 0.1) is 11.8 Å². The molecule has 1 rings (SSSR count). The van der Waals surface area contributed by atoms with Crippen LogP contribution in [0.15, 0.2) is 43.2 Å². The Morgan fingerprint density at radius 3 is 2.31 bits per heavy atom. The lowest BCUT2D eigenvalue weighted by molar-refractivity contribution is 0.0664. The summed E-state index contributed by atoms with van der Waals surface area (Å²) in [6.07, 6.45) is 1.12. The molecule has 0 radical (unpaired) electrons. The predicted molar refractivity (Wildman–Crippen MR) is 53.4 cm³/mol. The second kappa shape index (κ2) is 7.10. The highest BCUT2D eigenvalue weighted by molar-refractivity contribution is 5.89. The van der Waals surface area contributed by atoms with Gasteiger partial charge in [-0.15, -0.1) is 0 Å². The van der Waals surface area contributed by atoms with Gasteiger partial charge in [-0.25, -0.2) is 4.79 Å². The maximum atomic E-state index is 11.0. The number of carbonyl (C=O) groups excluding carboxylic acids is 1. The summed E-state index contributed by atoms with van der Waals surface area (Å²) in [4.78, 5) is 11.0. The molecule has 13 heavy (non-hydrogen) atoms. The minimum atomic E-state index is -0.374. The molecule has 2 nitrogen and oxygen atoms in total. The molecular weight excluding hydrogens is 164 g/mol. The quantitative estimate of drug-likeness (QED) is 0.514. The Bertz CT molecular complexity index is 252. The van der Waals surface area contributed by atoms with Crippen LogP contribution in [0.2, 0.25) is 0 Å². The monoisotopic (exact) mass is 178 g/mol. The van der Waals surface area contributed by atoms with Crippen molar-refractivity contribution in [2.24, 2.45) is 0 Å². The van der Waals surface area contributed by atoms with Crippen molar-refractivity contribution in [3.05, 3.63) is 48.7 Å². The smallest absolute Gasteiger partial charge is 0.342 e. The zero-order valence-corrected chi connectivity index (χ0v) is 7.99. The van der Waals surface area contributed by atoms with Crippen LogP contribution in [0, 0.1) is 0 Å². The zero-order valence-electron chi connectivity index (χ0n) is 7.99. The van der Waals surface area contributed by atoms with E-state index in [-0.39, 0.29) is 5.97 Å². The van der Waals surface area contributed by atoms with Gasteiger partial charge in [-0.05, 0) is 12.1 Å². The molecule has 0 aliphatic heterocycles. The lowest BCUT2D eigenvalue weighted by atomic mass is 10.2. The van der Waals surface area contributed by atoms with E-state index in [1.54, 1.807) is 24.3 Å². The van der Waals surface area contributed by atoms with Crippen LogP contribution in [0.1, 0.15) is 24.2 Å². The molecule has 1 aromatic rings. The third-order valence-corrected chi connectivity index (χ3v) is 1.20. The first-order chi connectivity index (χ1) is 6.34. The van der Waals surface area contributed by atoms with Crippen LogP contribution in [0.25, 0.3) is 0 Å². The van der Waals surface area contributed by atoms with Crippen LogP contribution in [0.4, 0.5) is 0 Å². The number of benzene rings is 1. The molecule has 0 N–H and O–H groups in total. The summed E-state index contributed by atoms with van der Waals surface area (Å²) < 4.78 is 4.55. The molecular formula is C11H14O2. The average Bonchev–Trinajstić information content (AvgIpc) is 2.23. The molecule has 0 aromatic heterocycles.